The second-order valence-corrected chi connectivity index (χ2v) is 10.2. The number of carbonyl (C=O) groups is 2. The molecule has 196 valence electrons. The number of nitrogens with two attached hydrogens (primary N) is 1. The topological polar surface area (TPSA) is 149 Å². The molecular formula is C27H28ClN7O3. The van der Waals surface area contributed by atoms with E-state index in [0.29, 0.717) is 46.4 Å². The van der Waals surface area contributed by atoms with Crippen molar-refractivity contribution in [2.24, 2.45) is 5.92 Å². The molecule has 5 rings (SSSR count). The van der Waals surface area contributed by atoms with Crippen molar-refractivity contribution in [1.82, 2.24) is 24.7 Å². The van der Waals surface area contributed by atoms with Crippen LogP contribution >= 0.6 is 11.6 Å². The normalized spacial score (nSPS) is 17.4. The molecule has 1 aliphatic rings. The van der Waals surface area contributed by atoms with Crippen molar-refractivity contribution in [1.29, 1.82) is 0 Å². The van der Waals surface area contributed by atoms with E-state index < -0.39 is 17.3 Å². The summed E-state index contributed by atoms with van der Waals surface area (Å²) in [6.45, 7) is 6.20. The molecule has 0 fully saturated rings. The Morgan fingerprint density at radius 3 is 2.61 bits per heavy atom. The number of carboxylic acid groups (broad SMARTS) is 1. The van der Waals surface area contributed by atoms with Crippen molar-refractivity contribution in [2.45, 2.75) is 52.0 Å². The van der Waals surface area contributed by atoms with Crippen LogP contribution in [0.4, 0.5) is 11.6 Å². The number of rotatable bonds is 8. The van der Waals surface area contributed by atoms with Crippen LogP contribution in [0.3, 0.4) is 0 Å². The number of aromatic nitrogens is 5. The van der Waals surface area contributed by atoms with E-state index in [1.165, 1.54) is 0 Å². The number of carbonyl (C=O) groups excluding carboxylic acids is 1. The molecule has 1 aliphatic heterocycles. The maximum absolute atomic E-state index is 13.3. The van der Waals surface area contributed by atoms with Gasteiger partial charge < -0.3 is 16.2 Å². The molecule has 4 aromatic rings. The first-order valence-corrected chi connectivity index (χ1v) is 12.9. The Labute approximate surface area is 224 Å². The zero-order valence-electron chi connectivity index (χ0n) is 21.3. The number of halogens is 1. The van der Waals surface area contributed by atoms with Gasteiger partial charge in [-0.05, 0) is 43.0 Å². The van der Waals surface area contributed by atoms with E-state index in [4.69, 9.17) is 22.4 Å². The number of nitrogens with zero attached hydrogens (tertiary/aromatic N) is 5. The minimum atomic E-state index is -1.12. The highest BCUT2D eigenvalue weighted by Gasteiger charge is 2.47. The highest BCUT2D eigenvalue weighted by atomic mass is 35.5. The molecule has 1 aromatic carbocycles. The molecule has 0 radical (unpaired) electrons. The molecule has 4 heterocycles. The lowest BCUT2D eigenvalue weighted by Gasteiger charge is -2.23. The number of unbranched alkanes of at least 4 members (excludes halogenated alkanes) is 1. The average molecular weight is 534 g/mol. The van der Waals surface area contributed by atoms with Crippen LogP contribution < -0.4 is 11.1 Å². The van der Waals surface area contributed by atoms with Gasteiger partial charge in [0.05, 0.1) is 16.9 Å². The number of aliphatic carboxylic acids is 1. The smallest absolute Gasteiger partial charge is 0.306 e. The van der Waals surface area contributed by atoms with Crippen LogP contribution in [0.1, 0.15) is 50.3 Å². The Balaban J connectivity index is 1.55. The number of hydrogen-bond acceptors (Lipinski definition) is 7. The average Bonchev–Trinajstić information content (AvgIpc) is 3.37. The Kier molecular flexibility index (Phi) is 6.52. The number of anilines is 2. The molecule has 0 saturated heterocycles. The third-order valence-corrected chi connectivity index (χ3v) is 7.33. The fourth-order valence-corrected chi connectivity index (χ4v) is 5.00. The summed E-state index contributed by atoms with van der Waals surface area (Å²) in [6, 6.07) is 10.8. The summed E-state index contributed by atoms with van der Waals surface area (Å²) in [5.74, 6) is -0.846. The second-order valence-electron chi connectivity index (χ2n) is 9.81. The Morgan fingerprint density at radius 2 is 1.92 bits per heavy atom. The molecule has 4 N–H and O–H groups in total. The molecule has 1 amide bonds. The quantitative estimate of drug-likeness (QED) is 0.281. The first-order valence-electron chi connectivity index (χ1n) is 12.5. The van der Waals surface area contributed by atoms with E-state index in [9.17, 15) is 14.7 Å². The summed E-state index contributed by atoms with van der Waals surface area (Å²) in [5, 5.41) is 17.9. The molecule has 0 saturated carbocycles. The number of benzene rings is 1. The summed E-state index contributed by atoms with van der Waals surface area (Å²) in [6.07, 6.45) is 2.30. The van der Waals surface area contributed by atoms with Gasteiger partial charge in [0, 0.05) is 6.54 Å². The van der Waals surface area contributed by atoms with Crippen molar-refractivity contribution >= 4 is 46.1 Å². The molecule has 10 nitrogen and oxygen atoms in total. The Hall–Kier alpha value is -4.05. The molecule has 1 unspecified atom stereocenters. The molecule has 0 spiro atoms. The van der Waals surface area contributed by atoms with Crippen LogP contribution in [0.15, 0.2) is 36.4 Å². The summed E-state index contributed by atoms with van der Waals surface area (Å²) in [5.41, 5.74) is 8.58. The molecular weight excluding hydrogens is 506 g/mol. The zero-order chi connectivity index (χ0) is 27.2. The zero-order valence-corrected chi connectivity index (χ0v) is 22.1. The Bertz CT molecular complexity index is 1570. The van der Waals surface area contributed by atoms with Crippen molar-refractivity contribution in [3.05, 3.63) is 58.2 Å². The van der Waals surface area contributed by atoms with E-state index in [2.05, 4.69) is 27.2 Å². The minimum Gasteiger partial charge on any atom is -0.481 e. The van der Waals surface area contributed by atoms with Crippen LogP contribution in [0.2, 0.25) is 5.15 Å². The van der Waals surface area contributed by atoms with Gasteiger partial charge in [0.2, 0.25) is 5.91 Å². The number of nitrogens with one attached hydrogen (secondary N) is 1. The number of hydrogen-bond donors (Lipinski definition) is 3. The number of fused-ring (bicyclic) bond motifs is 2. The minimum absolute atomic E-state index is 0.174. The molecule has 0 aliphatic carbocycles. The van der Waals surface area contributed by atoms with Gasteiger partial charge in [0.15, 0.2) is 11.5 Å². The van der Waals surface area contributed by atoms with E-state index in [1.54, 1.807) is 24.6 Å². The van der Waals surface area contributed by atoms with Gasteiger partial charge in [-0.3, -0.25) is 9.59 Å². The van der Waals surface area contributed by atoms with Gasteiger partial charge >= 0.3 is 5.97 Å². The van der Waals surface area contributed by atoms with Crippen LogP contribution in [0.5, 0.6) is 0 Å². The highest BCUT2D eigenvalue weighted by molar-refractivity contribution is 6.29. The highest BCUT2D eigenvalue weighted by Crippen LogP contribution is 2.45. The van der Waals surface area contributed by atoms with Crippen LogP contribution in [0, 0.1) is 5.92 Å². The molecule has 3 aromatic heterocycles. The van der Waals surface area contributed by atoms with Crippen LogP contribution in [0.25, 0.3) is 22.6 Å². The third-order valence-electron chi connectivity index (χ3n) is 7.11. The lowest BCUT2D eigenvalue weighted by atomic mass is 9.77. The maximum atomic E-state index is 13.3. The van der Waals surface area contributed by atoms with Crippen molar-refractivity contribution in [3.8, 4) is 11.5 Å². The fourth-order valence-electron chi connectivity index (χ4n) is 4.86. The van der Waals surface area contributed by atoms with E-state index in [0.717, 1.165) is 23.8 Å². The van der Waals surface area contributed by atoms with Crippen molar-refractivity contribution in [2.75, 3.05) is 11.1 Å². The monoisotopic (exact) mass is 533 g/mol. The summed E-state index contributed by atoms with van der Waals surface area (Å²) in [4.78, 5) is 38.3. The molecule has 0 bridgehead atoms. The molecule has 11 heteroatoms. The molecule has 38 heavy (non-hydrogen) atoms. The maximum Gasteiger partial charge on any atom is 0.306 e. The number of carboxylic acids is 1. The van der Waals surface area contributed by atoms with Gasteiger partial charge in [0.1, 0.15) is 27.9 Å². The van der Waals surface area contributed by atoms with Gasteiger partial charge in [-0.25, -0.2) is 19.6 Å². The second kappa shape index (κ2) is 9.68. The number of pyridine rings is 1. The third kappa shape index (κ3) is 4.24. The standard InChI is InChI=1S/C27H28ClN7O3/c1-4-5-12-35-24-17(10-11-18(28)30-24)20(34-35)23-31-21(29)19-22(32-23)33-26(38)27(19,3)16-8-6-15(7-9-16)13-14(2)25(36)37/h6-11,14H,4-5,12-13H2,1-3H3,(H,36,37)(H3,29,31,32,33,38)/t14?,27-/m0/s1. The fraction of sp³-hybridized carbons (Fsp3) is 0.333. The summed E-state index contributed by atoms with van der Waals surface area (Å²) in [7, 11) is 0. The summed E-state index contributed by atoms with van der Waals surface area (Å²) >= 11 is 6.16. The first kappa shape index (κ1) is 25.6. The van der Waals surface area contributed by atoms with Crippen LogP contribution in [-0.2, 0) is 28.0 Å². The predicted molar refractivity (Wildman–Crippen MR) is 145 cm³/mol. The van der Waals surface area contributed by atoms with Gasteiger partial charge in [-0.2, -0.15) is 5.10 Å². The van der Waals surface area contributed by atoms with Gasteiger partial charge in [-0.15, -0.1) is 0 Å². The van der Waals surface area contributed by atoms with Crippen molar-refractivity contribution in [3.63, 3.8) is 0 Å². The number of amides is 1. The largest absolute Gasteiger partial charge is 0.481 e. The number of nitrogen functional groups attached to an aromatic ring is 1. The first-order chi connectivity index (χ1) is 18.1. The SMILES string of the molecule is CCCCn1nc(-c2nc(N)c3c(n2)NC(=O)[C@@]3(C)c2ccc(CC(C)C(=O)O)cc2)c2ccc(Cl)nc21. The lowest BCUT2D eigenvalue weighted by molar-refractivity contribution is -0.141. The van der Waals surface area contributed by atoms with Crippen molar-refractivity contribution < 1.29 is 14.7 Å². The van der Waals surface area contributed by atoms with Gasteiger partial charge in [0.25, 0.3) is 0 Å². The van der Waals surface area contributed by atoms with E-state index >= 15 is 0 Å². The van der Waals surface area contributed by atoms with E-state index in [1.807, 2.05) is 30.3 Å². The van der Waals surface area contributed by atoms with Gasteiger partial charge in [-0.1, -0.05) is 56.1 Å². The Morgan fingerprint density at radius 1 is 1.18 bits per heavy atom. The summed E-state index contributed by atoms with van der Waals surface area (Å²) < 4.78 is 1.79. The predicted octanol–water partition coefficient (Wildman–Crippen LogP) is 4.45. The molecule has 2 atom stereocenters. The van der Waals surface area contributed by atoms with Crippen LogP contribution in [-0.4, -0.2) is 41.7 Å². The lowest BCUT2D eigenvalue weighted by Crippen LogP contribution is -2.33. The number of aryl methyl sites for hydroxylation is 1. The van der Waals surface area contributed by atoms with E-state index in [-0.39, 0.29) is 17.5 Å².